The van der Waals surface area contributed by atoms with Crippen LogP contribution in [0.1, 0.15) is 0 Å². The molecule has 4 aromatic rings. The molecule has 0 unspecified atom stereocenters. The summed E-state index contributed by atoms with van der Waals surface area (Å²) in [5.74, 6) is -0.885. The number of hydrogen-bond donors (Lipinski definition) is 2. The number of hydrogen-bond acceptors (Lipinski definition) is 6. The minimum absolute atomic E-state index is 0.0465. The number of thioether (sulfide) groups is 1. The van der Waals surface area contributed by atoms with Gasteiger partial charge in [-0.15, -0.1) is 10.2 Å². The number of aromatic amines is 1. The lowest BCUT2D eigenvalue weighted by atomic mass is 10.2. The first-order valence-electron chi connectivity index (χ1n) is 7.72. The van der Waals surface area contributed by atoms with Gasteiger partial charge in [0.05, 0.1) is 22.3 Å². The summed E-state index contributed by atoms with van der Waals surface area (Å²) in [5.41, 5.74) is 3.40. The van der Waals surface area contributed by atoms with Crippen LogP contribution in [0.3, 0.4) is 0 Å². The van der Waals surface area contributed by atoms with Gasteiger partial charge in [0, 0.05) is 5.69 Å². The highest BCUT2D eigenvalue weighted by atomic mass is 32.2. The number of anilines is 1. The van der Waals surface area contributed by atoms with Gasteiger partial charge < -0.3 is 10.3 Å². The van der Waals surface area contributed by atoms with Crippen LogP contribution in [0.2, 0.25) is 0 Å². The Bertz CT molecular complexity index is 1110. The predicted molar refractivity (Wildman–Crippen MR) is 101 cm³/mol. The summed E-state index contributed by atoms with van der Waals surface area (Å²) in [4.78, 5) is 19.3. The van der Waals surface area contributed by atoms with Crippen LogP contribution in [-0.2, 0) is 4.79 Å². The number of carbonyl (C=O) groups excluding carboxylic acids is 1. The molecule has 0 atom stereocenters. The smallest absolute Gasteiger partial charge is 0.234 e. The molecule has 2 N–H and O–H groups in total. The third-order valence-electron chi connectivity index (χ3n) is 3.62. The van der Waals surface area contributed by atoms with Crippen LogP contribution in [0, 0.1) is 11.6 Å². The van der Waals surface area contributed by atoms with Gasteiger partial charge in [0.2, 0.25) is 5.91 Å². The van der Waals surface area contributed by atoms with Gasteiger partial charge in [-0.1, -0.05) is 23.1 Å². The first-order valence-corrected chi connectivity index (χ1v) is 9.59. The van der Waals surface area contributed by atoms with Crippen LogP contribution in [0.4, 0.5) is 14.5 Å². The topological polar surface area (TPSA) is 83.6 Å². The van der Waals surface area contributed by atoms with Crippen LogP contribution in [0.25, 0.3) is 22.4 Å². The molecule has 2 aromatic carbocycles. The molecule has 10 heteroatoms. The average molecular weight is 403 g/mol. The van der Waals surface area contributed by atoms with E-state index >= 15 is 0 Å². The quantitative estimate of drug-likeness (QED) is 0.491. The van der Waals surface area contributed by atoms with Crippen molar-refractivity contribution in [2.24, 2.45) is 0 Å². The highest BCUT2D eigenvalue weighted by Crippen LogP contribution is 2.26. The largest absolute Gasteiger partial charge is 0.338 e. The molecule has 6 nitrogen and oxygen atoms in total. The zero-order valence-electron chi connectivity index (χ0n) is 13.6. The van der Waals surface area contributed by atoms with Gasteiger partial charge in [0.25, 0.3) is 0 Å². The summed E-state index contributed by atoms with van der Waals surface area (Å²) in [6, 6.07) is 8.27. The number of imidazole rings is 1. The summed E-state index contributed by atoms with van der Waals surface area (Å²) in [5, 5.41) is 10.4. The fraction of sp³-hybridized carbons (Fsp3) is 0.0588. The summed E-state index contributed by atoms with van der Waals surface area (Å²) in [6.45, 7) is 0. The monoisotopic (exact) mass is 403 g/mol. The Kier molecular flexibility index (Phi) is 4.82. The number of nitrogens with one attached hydrogen (secondary N) is 2. The van der Waals surface area contributed by atoms with Gasteiger partial charge >= 0.3 is 0 Å². The third-order valence-corrected chi connectivity index (χ3v) is 5.48. The molecule has 0 spiro atoms. The molecule has 2 aromatic heterocycles. The minimum Gasteiger partial charge on any atom is -0.338 e. The second-order valence-corrected chi connectivity index (χ2v) is 7.54. The van der Waals surface area contributed by atoms with Gasteiger partial charge in [-0.05, 0) is 36.4 Å². The third kappa shape index (κ3) is 3.96. The Morgan fingerprint density at radius 2 is 2.11 bits per heavy atom. The summed E-state index contributed by atoms with van der Waals surface area (Å²) >= 11 is 2.66. The highest BCUT2D eigenvalue weighted by Gasteiger charge is 2.12. The number of halogens is 2. The van der Waals surface area contributed by atoms with Crippen LogP contribution < -0.4 is 5.32 Å². The van der Waals surface area contributed by atoms with E-state index in [9.17, 15) is 13.6 Å². The fourth-order valence-corrected chi connectivity index (χ4v) is 3.73. The average Bonchev–Trinajstić information content (AvgIpc) is 3.31. The fourth-order valence-electron chi connectivity index (χ4n) is 2.44. The van der Waals surface area contributed by atoms with E-state index in [0.29, 0.717) is 16.7 Å². The van der Waals surface area contributed by atoms with Crippen molar-refractivity contribution in [3.63, 3.8) is 0 Å². The number of aromatic nitrogens is 4. The van der Waals surface area contributed by atoms with Crippen molar-refractivity contribution < 1.29 is 13.6 Å². The first-order chi connectivity index (χ1) is 13.1. The van der Waals surface area contributed by atoms with Crippen molar-refractivity contribution in [3.05, 3.63) is 53.5 Å². The molecule has 2 heterocycles. The molecular formula is C17H11F2N5OS2. The zero-order valence-corrected chi connectivity index (χ0v) is 15.2. The molecule has 0 aliphatic carbocycles. The molecule has 136 valence electrons. The first kappa shape index (κ1) is 17.6. The summed E-state index contributed by atoms with van der Waals surface area (Å²) in [7, 11) is 0. The van der Waals surface area contributed by atoms with E-state index in [-0.39, 0.29) is 23.0 Å². The van der Waals surface area contributed by atoms with Crippen LogP contribution >= 0.6 is 23.1 Å². The van der Waals surface area contributed by atoms with Crippen molar-refractivity contribution >= 4 is 45.7 Å². The number of amides is 1. The molecule has 0 saturated carbocycles. The Hall–Kier alpha value is -2.85. The summed E-state index contributed by atoms with van der Waals surface area (Å²) < 4.78 is 28.1. The van der Waals surface area contributed by atoms with Crippen molar-refractivity contribution in [2.75, 3.05) is 11.1 Å². The van der Waals surface area contributed by atoms with Crippen molar-refractivity contribution in [1.82, 2.24) is 20.2 Å². The highest BCUT2D eigenvalue weighted by molar-refractivity contribution is 8.01. The van der Waals surface area contributed by atoms with E-state index in [1.807, 2.05) is 0 Å². The van der Waals surface area contributed by atoms with Gasteiger partial charge in [0.1, 0.15) is 23.0 Å². The Morgan fingerprint density at radius 1 is 1.22 bits per heavy atom. The molecule has 0 saturated heterocycles. The molecule has 0 aliphatic heterocycles. The van der Waals surface area contributed by atoms with E-state index in [1.165, 1.54) is 23.1 Å². The number of rotatable bonds is 5. The van der Waals surface area contributed by atoms with Crippen LogP contribution in [-0.4, -0.2) is 31.8 Å². The van der Waals surface area contributed by atoms with E-state index in [0.717, 1.165) is 22.5 Å². The van der Waals surface area contributed by atoms with E-state index < -0.39 is 11.6 Å². The van der Waals surface area contributed by atoms with E-state index in [1.54, 1.807) is 23.7 Å². The molecule has 0 aliphatic rings. The van der Waals surface area contributed by atoms with Gasteiger partial charge in [0.15, 0.2) is 4.34 Å². The molecule has 0 radical (unpaired) electrons. The molecule has 0 fully saturated rings. The maximum atomic E-state index is 13.9. The van der Waals surface area contributed by atoms with E-state index in [2.05, 4.69) is 25.5 Å². The lowest BCUT2D eigenvalue weighted by Crippen LogP contribution is -2.13. The van der Waals surface area contributed by atoms with Crippen LogP contribution in [0.5, 0.6) is 0 Å². The maximum absolute atomic E-state index is 13.9. The zero-order chi connectivity index (χ0) is 18.8. The van der Waals surface area contributed by atoms with Gasteiger partial charge in [-0.3, -0.25) is 4.79 Å². The normalized spacial score (nSPS) is 11.0. The second kappa shape index (κ2) is 7.41. The minimum atomic E-state index is -0.572. The maximum Gasteiger partial charge on any atom is 0.234 e. The molecule has 1 amide bonds. The van der Waals surface area contributed by atoms with Crippen molar-refractivity contribution in [1.29, 1.82) is 0 Å². The lowest BCUT2D eigenvalue weighted by molar-refractivity contribution is -0.113. The summed E-state index contributed by atoms with van der Waals surface area (Å²) in [6.07, 6.45) is 0. The molecule has 4 rings (SSSR count). The number of benzene rings is 2. The molecule has 27 heavy (non-hydrogen) atoms. The van der Waals surface area contributed by atoms with E-state index in [4.69, 9.17) is 0 Å². The SMILES string of the molecule is O=C(CSc1nncs1)Nc1ccc2nc(-c3cc(F)ccc3F)[nH]c2c1. The van der Waals surface area contributed by atoms with Gasteiger partial charge in [-0.2, -0.15) is 0 Å². The number of fused-ring (bicyclic) bond motifs is 1. The Balaban J connectivity index is 1.52. The van der Waals surface area contributed by atoms with Gasteiger partial charge in [-0.25, -0.2) is 13.8 Å². The number of carbonyl (C=O) groups is 1. The van der Waals surface area contributed by atoms with Crippen molar-refractivity contribution in [3.8, 4) is 11.4 Å². The predicted octanol–water partition coefficient (Wildman–Crippen LogP) is 4.09. The Labute approximate surface area is 160 Å². The molecular weight excluding hydrogens is 392 g/mol. The standard InChI is InChI=1S/C17H11F2N5OS2/c18-9-1-3-12(19)11(5-9)16-22-13-4-2-10(6-14(13)23-16)21-15(25)7-26-17-24-20-8-27-17/h1-6,8H,7H2,(H,21,25)(H,22,23). The molecule has 0 bridgehead atoms. The lowest BCUT2D eigenvalue weighted by Gasteiger charge is -2.03. The Morgan fingerprint density at radius 3 is 2.93 bits per heavy atom. The van der Waals surface area contributed by atoms with Crippen LogP contribution in [0.15, 0.2) is 46.2 Å². The number of nitrogens with zero attached hydrogens (tertiary/aromatic N) is 3. The second-order valence-electron chi connectivity index (χ2n) is 5.48. The van der Waals surface area contributed by atoms with Crippen molar-refractivity contribution in [2.45, 2.75) is 4.34 Å². The number of H-pyrrole nitrogens is 1.